The standard InChI is InChI=1S/C9H12BrNO.ClH/c1-6(11)8-5-7(10)3-4-9(8)12-2;/h3-6H,11H2,1-2H3;1H/t6-;/m0./s1. The lowest BCUT2D eigenvalue weighted by Gasteiger charge is -2.11. The number of rotatable bonds is 2. The van der Waals surface area contributed by atoms with Crippen molar-refractivity contribution >= 4 is 28.3 Å². The van der Waals surface area contributed by atoms with Crippen molar-refractivity contribution < 1.29 is 4.74 Å². The lowest BCUT2D eigenvalue weighted by atomic mass is 10.1. The number of methoxy groups -OCH3 is 1. The molecular weight excluding hydrogens is 253 g/mol. The molecule has 1 rings (SSSR count). The van der Waals surface area contributed by atoms with Crippen LogP contribution in [0.3, 0.4) is 0 Å². The summed E-state index contributed by atoms with van der Waals surface area (Å²) in [4.78, 5) is 0. The summed E-state index contributed by atoms with van der Waals surface area (Å²) in [5, 5.41) is 0. The second-order valence-corrected chi connectivity index (χ2v) is 3.59. The summed E-state index contributed by atoms with van der Waals surface area (Å²) in [6, 6.07) is 5.81. The molecule has 74 valence electrons. The van der Waals surface area contributed by atoms with Crippen molar-refractivity contribution in [3.63, 3.8) is 0 Å². The molecule has 0 unspecified atom stereocenters. The van der Waals surface area contributed by atoms with Crippen LogP contribution in [0.25, 0.3) is 0 Å². The van der Waals surface area contributed by atoms with Crippen LogP contribution in [0.5, 0.6) is 5.75 Å². The maximum Gasteiger partial charge on any atom is 0.123 e. The Bertz CT molecular complexity index is 278. The monoisotopic (exact) mass is 265 g/mol. The van der Waals surface area contributed by atoms with Gasteiger partial charge in [-0.1, -0.05) is 15.9 Å². The predicted octanol–water partition coefficient (Wildman–Crippen LogP) is 2.90. The van der Waals surface area contributed by atoms with Crippen LogP contribution in [0.2, 0.25) is 0 Å². The first kappa shape index (κ1) is 12.8. The molecule has 2 N–H and O–H groups in total. The van der Waals surface area contributed by atoms with Gasteiger partial charge in [-0.25, -0.2) is 0 Å². The summed E-state index contributed by atoms with van der Waals surface area (Å²) in [5.41, 5.74) is 6.78. The molecule has 0 fully saturated rings. The predicted molar refractivity (Wildman–Crippen MR) is 60.5 cm³/mol. The summed E-state index contributed by atoms with van der Waals surface area (Å²) >= 11 is 3.38. The number of hydrogen-bond acceptors (Lipinski definition) is 2. The van der Waals surface area contributed by atoms with E-state index >= 15 is 0 Å². The van der Waals surface area contributed by atoms with Crippen molar-refractivity contribution in [3.05, 3.63) is 28.2 Å². The van der Waals surface area contributed by atoms with E-state index in [0.717, 1.165) is 15.8 Å². The number of nitrogens with two attached hydrogens (primary N) is 1. The number of ether oxygens (including phenoxy) is 1. The van der Waals surface area contributed by atoms with Crippen molar-refractivity contribution in [2.45, 2.75) is 13.0 Å². The molecule has 0 radical (unpaired) electrons. The van der Waals surface area contributed by atoms with Gasteiger partial charge in [-0.15, -0.1) is 12.4 Å². The van der Waals surface area contributed by atoms with Gasteiger partial charge in [0.15, 0.2) is 0 Å². The van der Waals surface area contributed by atoms with E-state index in [1.165, 1.54) is 0 Å². The summed E-state index contributed by atoms with van der Waals surface area (Å²) in [7, 11) is 1.65. The highest BCUT2D eigenvalue weighted by atomic mass is 79.9. The van der Waals surface area contributed by atoms with Crippen LogP contribution in [0, 0.1) is 0 Å². The third kappa shape index (κ3) is 3.18. The minimum atomic E-state index is -0.00236. The summed E-state index contributed by atoms with van der Waals surface area (Å²) in [6.07, 6.45) is 0. The van der Waals surface area contributed by atoms with Crippen LogP contribution >= 0.6 is 28.3 Å². The number of halogens is 2. The smallest absolute Gasteiger partial charge is 0.123 e. The number of benzene rings is 1. The molecule has 1 aromatic carbocycles. The molecule has 0 aliphatic rings. The Balaban J connectivity index is 0.00000144. The van der Waals surface area contributed by atoms with Crippen LogP contribution in [0.4, 0.5) is 0 Å². The lowest BCUT2D eigenvalue weighted by molar-refractivity contribution is 0.407. The first-order valence-corrected chi connectivity index (χ1v) is 4.53. The fourth-order valence-electron chi connectivity index (χ4n) is 1.06. The van der Waals surface area contributed by atoms with Gasteiger partial charge in [-0.05, 0) is 25.1 Å². The zero-order valence-electron chi connectivity index (χ0n) is 7.58. The summed E-state index contributed by atoms with van der Waals surface area (Å²) < 4.78 is 6.18. The molecule has 1 atom stereocenters. The fourth-order valence-corrected chi connectivity index (χ4v) is 1.44. The molecule has 0 saturated carbocycles. The normalized spacial score (nSPS) is 11.7. The Hall–Kier alpha value is -0.250. The molecule has 0 saturated heterocycles. The molecular formula is C9H13BrClNO. The first-order valence-electron chi connectivity index (χ1n) is 3.74. The topological polar surface area (TPSA) is 35.2 Å². The molecule has 0 spiro atoms. The van der Waals surface area contributed by atoms with Crippen LogP contribution in [0.1, 0.15) is 18.5 Å². The highest BCUT2D eigenvalue weighted by molar-refractivity contribution is 9.10. The van der Waals surface area contributed by atoms with E-state index in [4.69, 9.17) is 10.5 Å². The highest BCUT2D eigenvalue weighted by Gasteiger charge is 2.06. The molecule has 2 nitrogen and oxygen atoms in total. The van der Waals surface area contributed by atoms with E-state index in [1.807, 2.05) is 25.1 Å². The minimum Gasteiger partial charge on any atom is -0.496 e. The first-order chi connectivity index (χ1) is 5.65. The van der Waals surface area contributed by atoms with Gasteiger partial charge in [-0.2, -0.15) is 0 Å². The fraction of sp³-hybridized carbons (Fsp3) is 0.333. The molecule has 0 aromatic heterocycles. The Morgan fingerprint density at radius 1 is 1.46 bits per heavy atom. The van der Waals surface area contributed by atoms with E-state index in [9.17, 15) is 0 Å². The molecule has 13 heavy (non-hydrogen) atoms. The summed E-state index contributed by atoms with van der Waals surface area (Å²) in [5.74, 6) is 0.841. The third-order valence-electron chi connectivity index (χ3n) is 1.68. The molecule has 0 heterocycles. The molecule has 0 bridgehead atoms. The second kappa shape index (κ2) is 5.47. The Labute approximate surface area is 93.0 Å². The van der Waals surface area contributed by atoms with Crippen LogP contribution in [-0.4, -0.2) is 7.11 Å². The molecule has 0 aliphatic carbocycles. The molecule has 4 heteroatoms. The van der Waals surface area contributed by atoms with Crippen LogP contribution < -0.4 is 10.5 Å². The highest BCUT2D eigenvalue weighted by Crippen LogP contribution is 2.26. The van der Waals surface area contributed by atoms with Crippen molar-refractivity contribution in [1.29, 1.82) is 0 Å². The Kier molecular flexibility index (Phi) is 5.37. The molecule has 1 aromatic rings. The van der Waals surface area contributed by atoms with Crippen molar-refractivity contribution in [1.82, 2.24) is 0 Å². The molecule has 0 amide bonds. The maximum absolute atomic E-state index is 5.76. The average Bonchev–Trinajstić information content (AvgIpc) is 2.04. The van der Waals surface area contributed by atoms with E-state index in [-0.39, 0.29) is 18.4 Å². The quantitative estimate of drug-likeness (QED) is 0.893. The van der Waals surface area contributed by atoms with Crippen molar-refractivity contribution in [2.75, 3.05) is 7.11 Å². The van der Waals surface area contributed by atoms with E-state index < -0.39 is 0 Å². The average molecular weight is 267 g/mol. The van der Waals surface area contributed by atoms with Crippen LogP contribution in [0.15, 0.2) is 22.7 Å². The van der Waals surface area contributed by atoms with Crippen molar-refractivity contribution in [2.24, 2.45) is 5.73 Å². The Morgan fingerprint density at radius 3 is 2.54 bits per heavy atom. The van der Waals surface area contributed by atoms with Crippen LogP contribution in [-0.2, 0) is 0 Å². The van der Waals surface area contributed by atoms with E-state index in [1.54, 1.807) is 7.11 Å². The summed E-state index contributed by atoms with van der Waals surface area (Å²) in [6.45, 7) is 1.93. The third-order valence-corrected chi connectivity index (χ3v) is 2.18. The zero-order chi connectivity index (χ0) is 9.14. The van der Waals surface area contributed by atoms with Gasteiger partial charge in [0.05, 0.1) is 7.11 Å². The SMILES string of the molecule is COc1ccc(Br)cc1[C@H](C)N.Cl. The second-order valence-electron chi connectivity index (χ2n) is 2.67. The lowest BCUT2D eigenvalue weighted by Crippen LogP contribution is -2.06. The Morgan fingerprint density at radius 2 is 2.08 bits per heavy atom. The van der Waals surface area contributed by atoms with Gasteiger partial charge in [0, 0.05) is 16.1 Å². The van der Waals surface area contributed by atoms with Gasteiger partial charge in [0.25, 0.3) is 0 Å². The van der Waals surface area contributed by atoms with Gasteiger partial charge in [-0.3, -0.25) is 0 Å². The zero-order valence-corrected chi connectivity index (χ0v) is 9.98. The van der Waals surface area contributed by atoms with Gasteiger partial charge < -0.3 is 10.5 Å². The minimum absolute atomic E-state index is 0. The van der Waals surface area contributed by atoms with E-state index in [2.05, 4.69) is 15.9 Å². The number of hydrogen-bond donors (Lipinski definition) is 1. The van der Waals surface area contributed by atoms with E-state index in [0.29, 0.717) is 0 Å². The van der Waals surface area contributed by atoms with Gasteiger partial charge >= 0.3 is 0 Å². The van der Waals surface area contributed by atoms with Crippen molar-refractivity contribution in [3.8, 4) is 5.75 Å². The maximum atomic E-state index is 5.76. The molecule has 0 aliphatic heterocycles. The largest absolute Gasteiger partial charge is 0.496 e. The van der Waals surface area contributed by atoms with Gasteiger partial charge in [0.2, 0.25) is 0 Å². The van der Waals surface area contributed by atoms with Gasteiger partial charge in [0.1, 0.15) is 5.75 Å².